The van der Waals surface area contributed by atoms with E-state index in [0.717, 1.165) is 13.0 Å². The second-order valence-corrected chi connectivity index (χ2v) is 4.17. The van der Waals surface area contributed by atoms with Crippen molar-refractivity contribution in [3.63, 3.8) is 0 Å². The first-order chi connectivity index (χ1) is 7.63. The maximum atomic E-state index is 7.40. The van der Waals surface area contributed by atoms with Gasteiger partial charge in [0.2, 0.25) is 0 Å². The predicted molar refractivity (Wildman–Crippen MR) is 68.5 cm³/mol. The van der Waals surface area contributed by atoms with Crippen LogP contribution < -0.4 is 5.73 Å². The number of amidine groups is 1. The van der Waals surface area contributed by atoms with Crippen molar-refractivity contribution in [2.45, 2.75) is 32.9 Å². The highest BCUT2D eigenvalue weighted by atomic mass is 15.2. The van der Waals surface area contributed by atoms with Gasteiger partial charge in [0.05, 0.1) is 6.54 Å². The molecule has 3 heteroatoms. The van der Waals surface area contributed by atoms with Gasteiger partial charge >= 0.3 is 0 Å². The number of nitrogens with zero attached hydrogens (tertiary/aromatic N) is 1. The fourth-order valence-electron chi connectivity index (χ4n) is 1.66. The summed E-state index contributed by atoms with van der Waals surface area (Å²) in [7, 11) is 0. The fraction of sp³-hybridized carbons (Fsp3) is 0.462. The quantitative estimate of drug-likeness (QED) is 0.569. The number of nitrogens with one attached hydrogen (secondary N) is 1. The third-order valence-corrected chi connectivity index (χ3v) is 2.82. The lowest BCUT2D eigenvalue weighted by molar-refractivity contribution is 0.223. The van der Waals surface area contributed by atoms with E-state index in [-0.39, 0.29) is 5.84 Å². The summed E-state index contributed by atoms with van der Waals surface area (Å²) >= 11 is 0. The molecule has 3 nitrogen and oxygen atoms in total. The zero-order chi connectivity index (χ0) is 12.0. The molecule has 0 bridgehead atoms. The van der Waals surface area contributed by atoms with Gasteiger partial charge in [-0.3, -0.25) is 10.3 Å². The summed E-state index contributed by atoms with van der Waals surface area (Å²) in [6.07, 6.45) is 1.07. The van der Waals surface area contributed by atoms with Gasteiger partial charge in [0, 0.05) is 12.6 Å². The van der Waals surface area contributed by atoms with Crippen LogP contribution in [0.25, 0.3) is 0 Å². The Balaban J connectivity index is 2.67. The molecule has 0 aromatic heterocycles. The van der Waals surface area contributed by atoms with Crippen LogP contribution in [0.1, 0.15) is 25.8 Å². The molecule has 88 valence electrons. The van der Waals surface area contributed by atoms with Crippen LogP contribution in [0.2, 0.25) is 0 Å². The standard InChI is InChI=1S/C13H21N3/c1-3-11(2)16(10-13(14)15)9-12-7-5-4-6-8-12/h4-8,11H,3,9-10H2,1-2H3,(H3,14,15). The van der Waals surface area contributed by atoms with E-state index in [4.69, 9.17) is 11.1 Å². The van der Waals surface area contributed by atoms with Gasteiger partial charge in [-0.2, -0.15) is 0 Å². The molecular weight excluding hydrogens is 198 g/mol. The molecule has 0 aliphatic carbocycles. The van der Waals surface area contributed by atoms with Crippen LogP contribution >= 0.6 is 0 Å². The molecule has 3 N–H and O–H groups in total. The Kier molecular flexibility index (Phi) is 4.99. The maximum Gasteiger partial charge on any atom is 0.105 e. The van der Waals surface area contributed by atoms with Crippen molar-refractivity contribution in [3.8, 4) is 0 Å². The van der Waals surface area contributed by atoms with E-state index < -0.39 is 0 Å². The van der Waals surface area contributed by atoms with Crippen LogP contribution in [0.4, 0.5) is 0 Å². The van der Waals surface area contributed by atoms with Crippen molar-refractivity contribution in [2.75, 3.05) is 6.54 Å². The summed E-state index contributed by atoms with van der Waals surface area (Å²) in [5.74, 6) is 0.233. The molecule has 0 saturated heterocycles. The minimum atomic E-state index is 0.233. The zero-order valence-electron chi connectivity index (χ0n) is 10.1. The lowest BCUT2D eigenvalue weighted by Crippen LogP contribution is -2.38. The molecule has 0 aliphatic heterocycles. The minimum Gasteiger partial charge on any atom is -0.387 e. The Hall–Kier alpha value is -1.35. The molecular formula is C13H21N3. The van der Waals surface area contributed by atoms with Crippen LogP contribution in [-0.2, 0) is 6.54 Å². The number of hydrogen-bond acceptors (Lipinski definition) is 2. The molecule has 16 heavy (non-hydrogen) atoms. The molecule has 1 aromatic rings. The summed E-state index contributed by atoms with van der Waals surface area (Å²) in [6, 6.07) is 10.8. The normalized spacial score (nSPS) is 12.7. The van der Waals surface area contributed by atoms with E-state index in [2.05, 4.69) is 30.9 Å². The van der Waals surface area contributed by atoms with Gasteiger partial charge < -0.3 is 5.73 Å². The van der Waals surface area contributed by atoms with Gasteiger partial charge in [0.25, 0.3) is 0 Å². The van der Waals surface area contributed by atoms with Crippen LogP contribution in [0, 0.1) is 5.41 Å². The fourth-order valence-corrected chi connectivity index (χ4v) is 1.66. The molecule has 1 aromatic carbocycles. The highest BCUT2D eigenvalue weighted by Gasteiger charge is 2.13. The number of nitrogens with two attached hydrogens (primary N) is 1. The molecule has 0 fully saturated rings. The summed E-state index contributed by atoms with van der Waals surface area (Å²) in [6.45, 7) is 5.73. The van der Waals surface area contributed by atoms with Gasteiger partial charge in [0.1, 0.15) is 5.84 Å². The van der Waals surface area contributed by atoms with E-state index >= 15 is 0 Å². The van der Waals surface area contributed by atoms with Gasteiger partial charge in [-0.15, -0.1) is 0 Å². The molecule has 1 atom stereocenters. The average Bonchev–Trinajstić information content (AvgIpc) is 2.28. The topological polar surface area (TPSA) is 53.1 Å². The lowest BCUT2D eigenvalue weighted by Gasteiger charge is -2.27. The highest BCUT2D eigenvalue weighted by molar-refractivity contribution is 5.78. The third-order valence-electron chi connectivity index (χ3n) is 2.82. The van der Waals surface area contributed by atoms with Crippen LogP contribution in [0.3, 0.4) is 0 Å². The van der Waals surface area contributed by atoms with Crippen LogP contribution in [0.15, 0.2) is 30.3 Å². The number of benzene rings is 1. The average molecular weight is 219 g/mol. The Morgan fingerprint density at radius 2 is 2.00 bits per heavy atom. The lowest BCUT2D eigenvalue weighted by atomic mass is 10.1. The molecule has 0 amide bonds. The van der Waals surface area contributed by atoms with Gasteiger partial charge in [-0.05, 0) is 18.9 Å². The molecule has 0 saturated carbocycles. The third kappa shape index (κ3) is 4.03. The summed E-state index contributed by atoms with van der Waals surface area (Å²) in [5, 5.41) is 7.40. The van der Waals surface area contributed by atoms with Crippen molar-refractivity contribution in [1.29, 1.82) is 5.41 Å². The molecule has 0 aliphatic rings. The van der Waals surface area contributed by atoms with E-state index in [9.17, 15) is 0 Å². The second-order valence-electron chi connectivity index (χ2n) is 4.17. The van der Waals surface area contributed by atoms with Gasteiger partial charge in [-0.25, -0.2) is 0 Å². The van der Waals surface area contributed by atoms with Crippen molar-refractivity contribution in [2.24, 2.45) is 5.73 Å². The van der Waals surface area contributed by atoms with Gasteiger partial charge in [-0.1, -0.05) is 37.3 Å². The zero-order valence-corrected chi connectivity index (χ0v) is 10.1. The molecule has 0 radical (unpaired) electrons. The first-order valence-electron chi connectivity index (χ1n) is 5.74. The second kappa shape index (κ2) is 6.28. The first-order valence-corrected chi connectivity index (χ1v) is 5.74. The predicted octanol–water partition coefficient (Wildman–Crippen LogP) is 2.22. The molecule has 1 unspecified atom stereocenters. The number of hydrogen-bond donors (Lipinski definition) is 2. The largest absolute Gasteiger partial charge is 0.387 e. The van der Waals surface area contributed by atoms with Crippen molar-refractivity contribution in [1.82, 2.24) is 4.90 Å². The monoisotopic (exact) mass is 219 g/mol. The van der Waals surface area contributed by atoms with E-state index in [0.29, 0.717) is 12.6 Å². The van der Waals surface area contributed by atoms with Crippen molar-refractivity contribution in [3.05, 3.63) is 35.9 Å². The Morgan fingerprint density at radius 3 is 2.50 bits per heavy atom. The molecule has 0 heterocycles. The summed E-state index contributed by atoms with van der Waals surface area (Å²) < 4.78 is 0. The molecule has 0 spiro atoms. The summed E-state index contributed by atoms with van der Waals surface area (Å²) in [4.78, 5) is 2.23. The first kappa shape index (κ1) is 12.7. The van der Waals surface area contributed by atoms with Gasteiger partial charge in [0.15, 0.2) is 0 Å². The Labute approximate surface area is 97.8 Å². The molecule has 1 rings (SSSR count). The van der Waals surface area contributed by atoms with E-state index in [1.54, 1.807) is 0 Å². The van der Waals surface area contributed by atoms with E-state index in [1.165, 1.54) is 5.56 Å². The Bertz CT molecular complexity index is 321. The smallest absolute Gasteiger partial charge is 0.105 e. The maximum absolute atomic E-state index is 7.40. The summed E-state index contributed by atoms with van der Waals surface area (Å²) in [5.41, 5.74) is 6.75. The SMILES string of the molecule is CCC(C)N(CC(=N)N)Cc1ccccc1. The Morgan fingerprint density at radius 1 is 1.38 bits per heavy atom. The van der Waals surface area contributed by atoms with Crippen molar-refractivity contribution >= 4 is 5.84 Å². The van der Waals surface area contributed by atoms with Crippen molar-refractivity contribution < 1.29 is 0 Å². The number of rotatable bonds is 6. The van der Waals surface area contributed by atoms with E-state index in [1.807, 2.05) is 18.2 Å². The minimum absolute atomic E-state index is 0.233. The van der Waals surface area contributed by atoms with Crippen LogP contribution in [0.5, 0.6) is 0 Å². The highest BCUT2D eigenvalue weighted by Crippen LogP contribution is 2.09. The van der Waals surface area contributed by atoms with Crippen LogP contribution in [-0.4, -0.2) is 23.3 Å².